The lowest BCUT2D eigenvalue weighted by molar-refractivity contribution is -0.115. The molecule has 0 aliphatic rings. The summed E-state index contributed by atoms with van der Waals surface area (Å²) in [6, 6.07) is 14.4. The average molecular weight is 338 g/mol. The summed E-state index contributed by atoms with van der Waals surface area (Å²) in [5.41, 5.74) is 1.71. The van der Waals surface area contributed by atoms with Gasteiger partial charge in [-0.15, -0.1) is 0 Å². The zero-order valence-corrected chi connectivity index (χ0v) is 13.5. The maximum absolute atomic E-state index is 13.7. The van der Waals surface area contributed by atoms with Crippen molar-refractivity contribution in [3.63, 3.8) is 0 Å². The molecule has 126 valence electrons. The molecule has 0 saturated carbocycles. The molecule has 25 heavy (non-hydrogen) atoms. The number of anilines is 1. The van der Waals surface area contributed by atoms with Crippen LogP contribution in [0.3, 0.4) is 0 Å². The van der Waals surface area contributed by atoms with Gasteiger partial charge in [-0.05, 0) is 31.2 Å². The number of Topliss-reactive ketones (excluding diaryl/α,β-unsaturated/α-hetero) is 1. The fourth-order valence-corrected chi connectivity index (χ4v) is 2.37. The Balaban J connectivity index is 1.69. The van der Waals surface area contributed by atoms with Crippen LogP contribution in [0.4, 0.5) is 10.1 Å². The van der Waals surface area contributed by atoms with Gasteiger partial charge in [0.05, 0.1) is 17.7 Å². The molecule has 0 bridgehead atoms. The zero-order valence-electron chi connectivity index (χ0n) is 13.5. The standard InChI is InChI=1S/C19H15FN2O3/c1-12(23)13-5-4-6-14(9-13)21-19(24)11-15-10-18(25-22-15)16-7-2-3-8-17(16)20/h2-10H,11H2,1H3,(H,21,24). The van der Waals surface area contributed by atoms with Crippen molar-refractivity contribution >= 4 is 17.4 Å². The molecule has 0 radical (unpaired) electrons. The Morgan fingerprint density at radius 3 is 2.68 bits per heavy atom. The van der Waals surface area contributed by atoms with E-state index in [0.29, 0.717) is 16.9 Å². The Morgan fingerprint density at radius 1 is 1.12 bits per heavy atom. The summed E-state index contributed by atoms with van der Waals surface area (Å²) in [6.45, 7) is 1.46. The lowest BCUT2D eigenvalue weighted by Crippen LogP contribution is -2.14. The van der Waals surface area contributed by atoms with Crippen LogP contribution in [-0.4, -0.2) is 16.8 Å². The van der Waals surface area contributed by atoms with Gasteiger partial charge in [0.15, 0.2) is 11.5 Å². The SMILES string of the molecule is CC(=O)c1cccc(NC(=O)Cc2cc(-c3ccccc3F)on2)c1. The van der Waals surface area contributed by atoms with E-state index in [9.17, 15) is 14.0 Å². The molecule has 1 aromatic heterocycles. The van der Waals surface area contributed by atoms with E-state index >= 15 is 0 Å². The van der Waals surface area contributed by atoms with Crippen LogP contribution in [0, 0.1) is 5.82 Å². The lowest BCUT2D eigenvalue weighted by atomic mass is 10.1. The van der Waals surface area contributed by atoms with E-state index in [4.69, 9.17) is 4.52 Å². The highest BCUT2D eigenvalue weighted by molar-refractivity contribution is 5.97. The minimum absolute atomic E-state index is 0.0255. The summed E-state index contributed by atoms with van der Waals surface area (Å²) >= 11 is 0. The number of hydrogen-bond acceptors (Lipinski definition) is 4. The number of rotatable bonds is 5. The number of carbonyl (C=O) groups is 2. The van der Waals surface area contributed by atoms with Crippen LogP contribution in [0.1, 0.15) is 23.0 Å². The normalized spacial score (nSPS) is 10.5. The molecule has 0 aliphatic heterocycles. The molecule has 3 aromatic rings. The predicted octanol–water partition coefficient (Wildman–Crippen LogP) is 3.86. The number of nitrogens with one attached hydrogen (secondary N) is 1. The molecule has 0 unspecified atom stereocenters. The summed E-state index contributed by atoms with van der Waals surface area (Å²) in [6.07, 6.45) is -0.0255. The summed E-state index contributed by atoms with van der Waals surface area (Å²) in [5, 5.41) is 6.50. The molecule has 0 fully saturated rings. The van der Waals surface area contributed by atoms with Gasteiger partial charge in [-0.1, -0.05) is 29.4 Å². The smallest absolute Gasteiger partial charge is 0.230 e. The molecule has 0 aliphatic carbocycles. The van der Waals surface area contributed by atoms with Crippen LogP contribution in [0.25, 0.3) is 11.3 Å². The average Bonchev–Trinajstić information content (AvgIpc) is 3.03. The number of benzene rings is 2. The Bertz CT molecular complexity index is 934. The van der Waals surface area contributed by atoms with Crippen LogP contribution < -0.4 is 5.32 Å². The van der Waals surface area contributed by atoms with Crippen LogP contribution in [0.2, 0.25) is 0 Å². The van der Waals surface area contributed by atoms with Gasteiger partial charge in [0.25, 0.3) is 0 Å². The van der Waals surface area contributed by atoms with E-state index in [1.54, 1.807) is 42.5 Å². The summed E-state index contributed by atoms with van der Waals surface area (Å²) in [4.78, 5) is 23.5. The molecular formula is C19H15FN2O3. The highest BCUT2D eigenvalue weighted by atomic mass is 19.1. The first-order chi connectivity index (χ1) is 12.0. The van der Waals surface area contributed by atoms with E-state index in [1.165, 1.54) is 19.1 Å². The fourth-order valence-electron chi connectivity index (χ4n) is 2.37. The number of aromatic nitrogens is 1. The van der Waals surface area contributed by atoms with Crippen molar-refractivity contribution in [3.05, 3.63) is 71.7 Å². The largest absolute Gasteiger partial charge is 0.356 e. The van der Waals surface area contributed by atoms with Gasteiger partial charge in [0, 0.05) is 17.3 Å². The van der Waals surface area contributed by atoms with Crippen molar-refractivity contribution in [2.24, 2.45) is 0 Å². The second-order valence-electron chi connectivity index (χ2n) is 5.52. The first kappa shape index (κ1) is 16.6. The predicted molar refractivity (Wildman–Crippen MR) is 90.7 cm³/mol. The van der Waals surface area contributed by atoms with E-state index < -0.39 is 5.82 Å². The van der Waals surface area contributed by atoms with E-state index in [1.807, 2.05) is 0 Å². The van der Waals surface area contributed by atoms with Gasteiger partial charge < -0.3 is 9.84 Å². The molecule has 0 saturated heterocycles. The van der Waals surface area contributed by atoms with Gasteiger partial charge in [-0.25, -0.2) is 4.39 Å². The van der Waals surface area contributed by atoms with Crippen LogP contribution in [0.5, 0.6) is 0 Å². The maximum atomic E-state index is 13.7. The maximum Gasteiger partial charge on any atom is 0.230 e. The topological polar surface area (TPSA) is 72.2 Å². The summed E-state index contributed by atoms with van der Waals surface area (Å²) < 4.78 is 18.9. The van der Waals surface area contributed by atoms with E-state index in [2.05, 4.69) is 10.5 Å². The Kier molecular flexibility index (Phi) is 4.70. The second-order valence-corrected chi connectivity index (χ2v) is 5.52. The Labute approximate surface area is 143 Å². The minimum Gasteiger partial charge on any atom is -0.356 e. The molecule has 0 atom stereocenters. The van der Waals surface area contributed by atoms with Crippen LogP contribution in [0.15, 0.2) is 59.1 Å². The first-order valence-electron chi connectivity index (χ1n) is 7.64. The fraction of sp³-hybridized carbons (Fsp3) is 0.105. The van der Waals surface area contributed by atoms with Crippen molar-refractivity contribution in [2.45, 2.75) is 13.3 Å². The molecule has 1 N–H and O–H groups in total. The van der Waals surface area contributed by atoms with Crippen molar-refractivity contribution < 1.29 is 18.5 Å². The summed E-state index contributed by atoms with van der Waals surface area (Å²) in [5.74, 6) is -0.550. The van der Waals surface area contributed by atoms with Gasteiger partial charge in [-0.2, -0.15) is 0 Å². The second kappa shape index (κ2) is 7.09. The highest BCUT2D eigenvalue weighted by Crippen LogP contribution is 2.23. The number of amides is 1. The monoisotopic (exact) mass is 338 g/mol. The van der Waals surface area contributed by atoms with Crippen LogP contribution >= 0.6 is 0 Å². The quantitative estimate of drug-likeness (QED) is 0.717. The molecule has 1 amide bonds. The first-order valence-corrected chi connectivity index (χ1v) is 7.64. The van der Waals surface area contributed by atoms with Crippen molar-refractivity contribution in [3.8, 4) is 11.3 Å². The third kappa shape index (κ3) is 3.98. The number of ketones is 1. The zero-order chi connectivity index (χ0) is 17.8. The van der Waals surface area contributed by atoms with E-state index in [0.717, 1.165) is 0 Å². The third-order valence-electron chi connectivity index (χ3n) is 3.59. The highest BCUT2D eigenvalue weighted by Gasteiger charge is 2.13. The lowest BCUT2D eigenvalue weighted by Gasteiger charge is -2.05. The number of hydrogen-bond donors (Lipinski definition) is 1. The number of halogens is 1. The molecule has 2 aromatic carbocycles. The van der Waals surface area contributed by atoms with Gasteiger partial charge >= 0.3 is 0 Å². The van der Waals surface area contributed by atoms with Crippen molar-refractivity contribution in [1.82, 2.24) is 5.16 Å². The number of nitrogens with zero attached hydrogens (tertiary/aromatic N) is 1. The van der Waals surface area contributed by atoms with Gasteiger partial charge in [-0.3, -0.25) is 9.59 Å². The minimum atomic E-state index is -0.421. The molecule has 3 rings (SSSR count). The van der Waals surface area contributed by atoms with Gasteiger partial charge in [0.2, 0.25) is 5.91 Å². The van der Waals surface area contributed by atoms with Crippen molar-refractivity contribution in [2.75, 3.05) is 5.32 Å². The molecule has 5 nitrogen and oxygen atoms in total. The molecule has 0 spiro atoms. The Morgan fingerprint density at radius 2 is 1.92 bits per heavy atom. The molecule has 1 heterocycles. The molecule has 6 heteroatoms. The Hall–Kier alpha value is -3.28. The third-order valence-corrected chi connectivity index (χ3v) is 3.59. The number of carbonyl (C=O) groups excluding carboxylic acids is 2. The molecular weight excluding hydrogens is 323 g/mol. The summed E-state index contributed by atoms with van der Waals surface area (Å²) in [7, 11) is 0. The van der Waals surface area contributed by atoms with Crippen molar-refractivity contribution in [1.29, 1.82) is 0 Å². The van der Waals surface area contributed by atoms with E-state index in [-0.39, 0.29) is 29.4 Å². The van der Waals surface area contributed by atoms with Crippen LogP contribution in [-0.2, 0) is 11.2 Å². The van der Waals surface area contributed by atoms with Gasteiger partial charge in [0.1, 0.15) is 5.82 Å².